The van der Waals surface area contributed by atoms with Crippen molar-refractivity contribution in [1.29, 1.82) is 0 Å². The normalized spacial score (nSPS) is 28.7. The number of nitrogens with one attached hydrogen (secondary N) is 1. The molecule has 1 aliphatic heterocycles. The van der Waals surface area contributed by atoms with Crippen LogP contribution in [0.5, 0.6) is 0 Å². The van der Waals surface area contributed by atoms with E-state index in [4.69, 9.17) is 11.6 Å². The van der Waals surface area contributed by atoms with E-state index in [0.29, 0.717) is 29.3 Å². The Morgan fingerprint density at radius 3 is 2.87 bits per heavy atom. The molecule has 2 N–H and O–H groups in total. The number of aliphatic hydroxyl groups excluding tert-OH is 1. The highest BCUT2D eigenvalue weighted by Crippen LogP contribution is 2.34. The van der Waals surface area contributed by atoms with Gasteiger partial charge < -0.3 is 10.4 Å². The molecule has 0 unspecified atom stereocenters. The minimum atomic E-state index is -0.213. The van der Waals surface area contributed by atoms with Crippen LogP contribution in [0.4, 0.5) is 5.82 Å². The molecule has 0 bridgehead atoms. The molecule has 1 aromatic rings. The van der Waals surface area contributed by atoms with E-state index in [1.807, 2.05) is 0 Å². The van der Waals surface area contributed by atoms with Gasteiger partial charge in [-0.2, -0.15) is 0 Å². The van der Waals surface area contributed by atoms with Crippen LogP contribution in [-0.4, -0.2) is 46.1 Å². The third-order valence-corrected chi connectivity index (χ3v) is 5.26. The maximum Gasteiger partial charge on any atom is 0.239 e. The van der Waals surface area contributed by atoms with E-state index in [0.717, 1.165) is 38.6 Å². The average molecular weight is 338 g/mol. The van der Waals surface area contributed by atoms with Crippen LogP contribution >= 0.6 is 11.6 Å². The standard InChI is InChI=1S/C17H24ClN3O2/c18-12-7-8-16(19-10-12)20-17(23)11-21-9-3-5-14(21)13-4-1-2-6-15(13)22/h7-8,10,13-15,22H,1-6,9,11H2,(H,19,20,23)/t13-,14+,15+/m0/s1. The van der Waals surface area contributed by atoms with Gasteiger partial charge >= 0.3 is 0 Å². The van der Waals surface area contributed by atoms with Gasteiger partial charge in [0, 0.05) is 18.2 Å². The molecule has 3 atom stereocenters. The Bertz CT molecular complexity index is 537. The number of carbonyl (C=O) groups is 1. The number of hydrogen-bond acceptors (Lipinski definition) is 4. The lowest BCUT2D eigenvalue weighted by molar-refractivity contribution is -0.118. The van der Waals surface area contributed by atoms with Gasteiger partial charge in [-0.3, -0.25) is 9.69 Å². The SMILES string of the molecule is O=C(CN1CCC[C@@H]1[C@@H]1CCCC[C@H]1O)Nc1ccc(Cl)cn1. The van der Waals surface area contributed by atoms with E-state index < -0.39 is 0 Å². The molecule has 1 amide bonds. The average Bonchev–Trinajstić information content (AvgIpc) is 2.98. The lowest BCUT2D eigenvalue weighted by atomic mass is 9.80. The fourth-order valence-electron chi connectivity index (χ4n) is 3.94. The molecule has 3 rings (SSSR count). The van der Waals surface area contributed by atoms with Crippen molar-refractivity contribution in [2.75, 3.05) is 18.4 Å². The van der Waals surface area contributed by atoms with Gasteiger partial charge in [-0.05, 0) is 44.4 Å². The van der Waals surface area contributed by atoms with Crippen molar-refractivity contribution in [1.82, 2.24) is 9.88 Å². The largest absolute Gasteiger partial charge is 0.393 e. The van der Waals surface area contributed by atoms with Crippen molar-refractivity contribution in [2.45, 2.75) is 50.7 Å². The second-order valence-corrected chi connectivity index (χ2v) is 7.04. The Labute approximate surface area is 142 Å². The van der Waals surface area contributed by atoms with Crippen LogP contribution in [0, 0.1) is 5.92 Å². The quantitative estimate of drug-likeness (QED) is 0.886. The van der Waals surface area contributed by atoms with Gasteiger partial charge in [0.25, 0.3) is 0 Å². The summed E-state index contributed by atoms with van der Waals surface area (Å²) in [5.41, 5.74) is 0. The molecule has 2 fully saturated rings. The number of halogens is 1. The highest BCUT2D eigenvalue weighted by molar-refractivity contribution is 6.30. The zero-order chi connectivity index (χ0) is 16.2. The van der Waals surface area contributed by atoms with Gasteiger partial charge in [-0.1, -0.05) is 24.4 Å². The molecule has 5 nitrogen and oxygen atoms in total. The summed E-state index contributed by atoms with van der Waals surface area (Å²) in [6.45, 7) is 1.29. The number of anilines is 1. The number of aromatic nitrogens is 1. The topological polar surface area (TPSA) is 65.5 Å². The molecule has 0 radical (unpaired) electrons. The molecule has 0 aromatic carbocycles. The molecule has 2 heterocycles. The zero-order valence-corrected chi connectivity index (χ0v) is 14.0. The first-order chi connectivity index (χ1) is 11.1. The van der Waals surface area contributed by atoms with Crippen molar-refractivity contribution in [3.8, 4) is 0 Å². The summed E-state index contributed by atoms with van der Waals surface area (Å²) < 4.78 is 0. The maximum absolute atomic E-state index is 12.3. The van der Waals surface area contributed by atoms with Crippen molar-refractivity contribution < 1.29 is 9.90 Å². The molecular weight excluding hydrogens is 314 g/mol. The summed E-state index contributed by atoms with van der Waals surface area (Å²) in [5.74, 6) is 0.776. The maximum atomic E-state index is 12.3. The number of hydrogen-bond donors (Lipinski definition) is 2. The van der Waals surface area contributed by atoms with Crippen LogP contribution in [-0.2, 0) is 4.79 Å². The van der Waals surface area contributed by atoms with Crippen LogP contribution in [0.15, 0.2) is 18.3 Å². The summed E-state index contributed by atoms with van der Waals surface area (Å²) >= 11 is 5.80. The van der Waals surface area contributed by atoms with E-state index in [2.05, 4.69) is 15.2 Å². The van der Waals surface area contributed by atoms with Crippen LogP contribution in [0.25, 0.3) is 0 Å². The van der Waals surface area contributed by atoms with Gasteiger partial charge in [0.2, 0.25) is 5.91 Å². The third-order valence-electron chi connectivity index (χ3n) is 5.03. The molecule has 1 saturated heterocycles. The predicted octanol–water partition coefficient (Wildman–Crippen LogP) is 2.69. The van der Waals surface area contributed by atoms with Crippen LogP contribution in [0.2, 0.25) is 5.02 Å². The third kappa shape index (κ3) is 4.22. The molecule has 1 aliphatic carbocycles. The lowest BCUT2D eigenvalue weighted by Crippen LogP contribution is -2.45. The number of aliphatic hydroxyl groups is 1. The van der Waals surface area contributed by atoms with E-state index in [9.17, 15) is 9.90 Å². The molecule has 1 saturated carbocycles. The summed E-state index contributed by atoms with van der Waals surface area (Å²) in [6.07, 6.45) is 7.76. The highest BCUT2D eigenvalue weighted by atomic mass is 35.5. The molecular formula is C17H24ClN3O2. The number of pyridine rings is 1. The number of rotatable bonds is 4. The smallest absolute Gasteiger partial charge is 0.239 e. The Hall–Kier alpha value is -1.17. The summed E-state index contributed by atoms with van der Waals surface area (Å²) in [7, 11) is 0. The van der Waals surface area contributed by atoms with Gasteiger partial charge in [-0.15, -0.1) is 0 Å². The Morgan fingerprint density at radius 2 is 2.13 bits per heavy atom. The molecule has 6 heteroatoms. The van der Waals surface area contributed by atoms with Crippen LogP contribution in [0.1, 0.15) is 38.5 Å². The first kappa shape index (κ1) is 16.7. The van der Waals surface area contributed by atoms with Gasteiger partial charge in [-0.25, -0.2) is 4.98 Å². The van der Waals surface area contributed by atoms with Crippen LogP contribution in [0.3, 0.4) is 0 Å². The Kier molecular flexibility index (Phi) is 5.51. The number of likely N-dealkylation sites (tertiary alicyclic amines) is 1. The minimum Gasteiger partial charge on any atom is -0.393 e. The molecule has 2 aliphatic rings. The van der Waals surface area contributed by atoms with Gasteiger partial charge in [0.05, 0.1) is 17.7 Å². The number of nitrogens with zero attached hydrogens (tertiary/aromatic N) is 2. The molecule has 23 heavy (non-hydrogen) atoms. The van der Waals surface area contributed by atoms with Crippen LogP contribution < -0.4 is 5.32 Å². The van der Waals surface area contributed by atoms with Crippen molar-refractivity contribution in [3.05, 3.63) is 23.4 Å². The van der Waals surface area contributed by atoms with Crippen molar-refractivity contribution >= 4 is 23.3 Å². The van der Waals surface area contributed by atoms with E-state index in [-0.39, 0.29) is 12.0 Å². The fraction of sp³-hybridized carbons (Fsp3) is 0.647. The first-order valence-corrected chi connectivity index (χ1v) is 8.85. The summed E-state index contributed by atoms with van der Waals surface area (Å²) in [5, 5.41) is 13.7. The lowest BCUT2D eigenvalue weighted by Gasteiger charge is -2.36. The van der Waals surface area contributed by atoms with E-state index in [1.54, 1.807) is 12.1 Å². The molecule has 0 spiro atoms. The zero-order valence-electron chi connectivity index (χ0n) is 13.2. The Morgan fingerprint density at radius 1 is 1.30 bits per heavy atom. The predicted molar refractivity (Wildman–Crippen MR) is 90.4 cm³/mol. The number of amides is 1. The molecule has 1 aromatic heterocycles. The number of carbonyl (C=O) groups excluding carboxylic acids is 1. The monoisotopic (exact) mass is 337 g/mol. The molecule has 126 valence electrons. The second-order valence-electron chi connectivity index (χ2n) is 6.61. The Balaban J connectivity index is 1.57. The second kappa shape index (κ2) is 7.60. The van der Waals surface area contributed by atoms with E-state index in [1.165, 1.54) is 12.6 Å². The summed E-state index contributed by atoms with van der Waals surface area (Å²) in [6, 6.07) is 3.74. The van der Waals surface area contributed by atoms with Gasteiger partial charge in [0.15, 0.2) is 0 Å². The van der Waals surface area contributed by atoms with Gasteiger partial charge in [0.1, 0.15) is 5.82 Å². The van der Waals surface area contributed by atoms with E-state index >= 15 is 0 Å². The fourth-order valence-corrected chi connectivity index (χ4v) is 4.05. The minimum absolute atomic E-state index is 0.0583. The van der Waals surface area contributed by atoms with Crippen molar-refractivity contribution in [3.63, 3.8) is 0 Å². The summed E-state index contributed by atoms with van der Waals surface area (Å²) in [4.78, 5) is 18.6. The highest BCUT2D eigenvalue weighted by Gasteiger charge is 2.37. The first-order valence-electron chi connectivity index (χ1n) is 8.47. The van der Waals surface area contributed by atoms with Crippen molar-refractivity contribution in [2.24, 2.45) is 5.92 Å².